The van der Waals surface area contributed by atoms with Crippen molar-refractivity contribution in [2.75, 3.05) is 0 Å². The van der Waals surface area contributed by atoms with Gasteiger partial charge in [-0.1, -0.05) is 71.7 Å². The quantitative estimate of drug-likeness (QED) is 0.661. The Kier molecular flexibility index (Phi) is 4.65. The summed E-state index contributed by atoms with van der Waals surface area (Å²) in [5, 5.41) is 0. The molecule has 23 heavy (non-hydrogen) atoms. The first kappa shape index (κ1) is 15.6. The lowest BCUT2D eigenvalue weighted by molar-refractivity contribution is 0.536. The van der Waals surface area contributed by atoms with Gasteiger partial charge in [-0.25, -0.2) is 4.39 Å². The van der Waals surface area contributed by atoms with E-state index >= 15 is 0 Å². The highest BCUT2D eigenvalue weighted by Gasteiger charge is 2.07. The molecule has 0 aliphatic heterocycles. The van der Waals surface area contributed by atoms with E-state index in [0.29, 0.717) is 0 Å². The van der Waals surface area contributed by atoms with E-state index in [4.69, 9.17) is 0 Å². The van der Waals surface area contributed by atoms with E-state index in [-0.39, 0.29) is 11.6 Å². The SMILES string of the molecule is O=S([O-])Cc1ccc(-c2ccccc2-c2ccc(F)cc2)cc1. The standard InChI is InChI=1S/C19H15FO2S/c20-17-11-9-16(10-12-17)19-4-2-1-3-18(19)15-7-5-14(6-8-15)13-23(21)22/h1-12H,13H2,(H,21,22)/p-1. The molecular weight excluding hydrogens is 311 g/mol. The Morgan fingerprint density at radius 1 is 0.783 bits per heavy atom. The summed E-state index contributed by atoms with van der Waals surface area (Å²) in [6, 6.07) is 21.7. The van der Waals surface area contributed by atoms with Gasteiger partial charge in [0.1, 0.15) is 5.82 Å². The van der Waals surface area contributed by atoms with Crippen LogP contribution in [0.5, 0.6) is 0 Å². The molecule has 0 saturated carbocycles. The van der Waals surface area contributed by atoms with Gasteiger partial charge < -0.3 is 4.55 Å². The van der Waals surface area contributed by atoms with Crippen LogP contribution in [0.4, 0.5) is 4.39 Å². The molecule has 0 spiro atoms. The second kappa shape index (κ2) is 6.86. The Morgan fingerprint density at radius 2 is 1.26 bits per heavy atom. The summed E-state index contributed by atoms with van der Waals surface area (Å²) in [4.78, 5) is 0. The van der Waals surface area contributed by atoms with E-state index in [1.54, 1.807) is 12.1 Å². The molecule has 0 saturated heterocycles. The fourth-order valence-electron chi connectivity index (χ4n) is 2.53. The van der Waals surface area contributed by atoms with Crippen LogP contribution in [-0.4, -0.2) is 8.76 Å². The van der Waals surface area contributed by atoms with Crippen molar-refractivity contribution in [2.24, 2.45) is 0 Å². The minimum Gasteiger partial charge on any atom is -0.772 e. The van der Waals surface area contributed by atoms with Crippen molar-refractivity contribution >= 4 is 11.1 Å². The molecule has 4 heteroatoms. The van der Waals surface area contributed by atoms with Crippen molar-refractivity contribution in [3.8, 4) is 22.3 Å². The average molecular weight is 325 g/mol. The minimum atomic E-state index is -2.09. The normalized spacial score (nSPS) is 12.1. The maximum absolute atomic E-state index is 13.1. The third-order valence-corrected chi connectivity index (χ3v) is 4.20. The molecule has 1 unspecified atom stereocenters. The Morgan fingerprint density at radius 3 is 1.74 bits per heavy atom. The van der Waals surface area contributed by atoms with Gasteiger partial charge in [-0.2, -0.15) is 0 Å². The largest absolute Gasteiger partial charge is 0.772 e. The highest BCUT2D eigenvalue weighted by atomic mass is 32.2. The predicted octanol–water partition coefficient (Wildman–Crippen LogP) is 4.54. The van der Waals surface area contributed by atoms with E-state index < -0.39 is 11.1 Å². The second-order valence-electron chi connectivity index (χ2n) is 5.20. The van der Waals surface area contributed by atoms with E-state index in [9.17, 15) is 13.2 Å². The lowest BCUT2D eigenvalue weighted by atomic mass is 9.94. The summed E-state index contributed by atoms with van der Waals surface area (Å²) in [6.45, 7) is 0. The third kappa shape index (κ3) is 3.73. The summed E-state index contributed by atoms with van der Waals surface area (Å²) in [7, 11) is 0. The molecule has 3 aromatic rings. The summed E-state index contributed by atoms with van der Waals surface area (Å²) in [5.41, 5.74) is 4.71. The van der Waals surface area contributed by atoms with Crippen LogP contribution >= 0.6 is 0 Å². The summed E-state index contributed by atoms with van der Waals surface area (Å²) in [5.74, 6) is -0.249. The molecule has 116 valence electrons. The van der Waals surface area contributed by atoms with Crippen molar-refractivity contribution in [1.29, 1.82) is 0 Å². The fourth-order valence-corrected chi connectivity index (χ4v) is 3.00. The van der Waals surface area contributed by atoms with Crippen molar-refractivity contribution in [1.82, 2.24) is 0 Å². The fraction of sp³-hybridized carbons (Fsp3) is 0.0526. The lowest BCUT2D eigenvalue weighted by Crippen LogP contribution is -1.93. The van der Waals surface area contributed by atoms with Crippen LogP contribution in [0.3, 0.4) is 0 Å². The Bertz CT molecular complexity index is 827. The van der Waals surface area contributed by atoms with Gasteiger partial charge in [0.15, 0.2) is 0 Å². The molecule has 0 amide bonds. The zero-order chi connectivity index (χ0) is 16.2. The second-order valence-corrected chi connectivity index (χ2v) is 6.09. The van der Waals surface area contributed by atoms with Crippen LogP contribution < -0.4 is 0 Å². The number of benzene rings is 3. The van der Waals surface area contributed by atoms with Crippen LogP contribution in [0.2, 0.25) is 0 Å². The molecule has 3 aromatic carbocycles. The lowest BCUT2D eigenvalue weighted by Gasteiger charge is -2.11. The zero-order valence-corrected chi connectivity index (χ0v) is 13.1. The molecule has 2 nitrogen and oxygen atoms in total. The first-order valence-electron chi connectivity index (χ1n) is 7.13. The van der Waals surface area contributed by atoms with Gasteiger partial charge in [-0.15, -0.1) is 0 Å². The monoisotopic (exact) mass is 325 g/mol. The van der Waals surface area contributed by atoms with Gasteiger partial charge in [0.2, 0.25) is 0 Å². The number of hydrogen-bond acceptors (Lipinski definition) is 2. The average Bonchev–Trinajstić information content (AvgIpc) is 2.56. The third-order valence-electron chi connectivity index (χ3n) is 3.63. The molecule has 1 atom stereocenters. The van der Waals surface area contributed by atoms with E-state index in [2.05, 4.69) is 0 Å². The van der Waals surface area contributed by atoms with Gasteiger partial charge >= 0.3 is 0 Å². The van der Waals surface area contributed by atoms with E-state index in [0.717, 1.165) is 27.8 Å². The van der Waals surface area contributed by atoms with Crippen molar-refractivity contribution in [3.05, 3.63) is 84.2 Å². The highest BCUT2D eigenvalue weighted by molar-refractivity contribution is 7.78. The molecular formula is C19H14FO2S-. The molecule has 0 fully saturated rings. The van der Waals surface area contributed by atoms with Crippen molar-refractivity contribution in [3.63, 3.8) is 0 Å². The van der Waals surface area contributed by atoms with Crippen LogP contribution in [0.15, 0.2) is 72.8 Å². The van der Waals surface area contributed by atoms with Crippen LogP contribution in [-0.2, 0) is 16.8 Å². The summed E-state index contributed by atoms with van der Waals surface area (Å²) < 4.78 is 34.6. The Balaban J connectivity index is 2.00. The van der Waals surface area contributed by atoms with Gasteiger partial charge in [0.25, 0.3) is 0 Å². The maximum Gasteiger partial charge on any atom is 0.123 e. The predicted molar refractivity (Wildman–Crippen MR) is 89.9 cm³/mol. The molecule has 0 aromatic heterocycles. The van der Waals surface area contributed by atoms with Gasteiger partial charge in [-0.05, 0) is 39.9 Å². The minimum absolute atomic E-state index is 0.0138. The Hall–Kier alpha value is -2.30. The summed E-state index contributed by atoms with van der Waals surface area (Å²) in [6.07, 6.45) is 0. The number of halogens is 1. The molecule has 0 aliphatic rings. The van der Waals surface area contributed by atoms with Crippen LogP contribution in [0.1, 0.15) is 5.56 Å². The first-order chi connectivity index (χ1) is 11.1. The number of hydrogen-bond donors (Lipinski definition) is 0. The van der Waals surface area contributed by atoms with Crippen LogP contribution in [0, 0.1) is 5.82 Å². The molecule has 0 radical (unpaired) electrons. The highest BCUT2D eigenvalue weighted by Crippen LogP contribution is 2.32. The molecule has 0 heterocycles. The van der Waals surface area contributed by atoms with E-state index in [1.165, 1.54) is 12.1 Å². The number of rotatable bonds is 4. The van der Waals surface area contributed by atoms with Crippen LogP contribution in [0.25, 0.3) is 22.3 Å². The van der Waals surface area contributed by atoms with E-state index in [1.807, 2.05) is 48.5 Å². The first-order valence-corrected chi connectivity index (χ1v) is 8.38. The maximum atomic E-state index is 13.1. The topological polar surface area (TPSA) is 40.1 Å². The molecule has 3 rings (SSSR count). The van der Waals surface area contributed by atoms with Crippen molar-refractivity contribution in [2.45, 2.75) is 5.75 Å². The molecule has 0 N–H and O–H groups in total. The van der Waals surface area contributed by atoms with Crippen molar-refractivity contribution < 1.29 is 13.2 Å². The van der Waals surface area contributed by atoms with Gasteiger partial charge in [-0.3, -0.25) is 4.21 Å². The smallest absolute Gasteiger partial charge is 0.123 e. The van der Waals surface area contributed by atoms with Gasteiger partial charge in [0, 0.05) is 5.75 Å². The molecule has 0 aliphatic carbocycles. The molecule has 0 bridgehead atoms. The Labute approximate surface area is 136 Å². The summed E-state index contributed by atoms with van der Waals surface area (Å²) >= 11 is -2.09. The van der Waals surface area contributed by atoms with Gasteiger partial charge in [0.05, 0.1) is 0 Å². The zero-order valence-electron chi connectivity index (χ0n) is 12.2.